The average molecular weight is 190 g/mol. The van der Waals surface area contributed by atoms with Gasteiger partial charge in [0, 0.05) is 11.0 Å². The molecule has 1 aromatic rings. The number of rotatable bonds is 1. The molecule has 1 atom stereocenters. The van der Waals surface area contributed by atoms with Crippen molar-refractivity contribution in [3.05, 3.63) is 41.5 Å². The van der Waals surface area contributed by atoms with Crippen molar-refractivity contribution in [3.63, 3.8) is 0 Å². The SMILES string of the molecule is CC1=C(c2ccccc2)CSC1C. The predicted octanol–water partition coefficient (Wildman–Crippen LogP) is 3.60. The minimum atomic E-state index is 0.704. The van der Waals surface area contributed by atoms with Crippen LogP contribution in [0.1, 0.15) is 19.4 Å². The molecule has 2 rings (SSSR count). The van der Waals surface area contributed by atoms with Crippen LogP contribution in [0.2, 0.25) is 0 Å². The molecule has 1 heteroatoms. The molecule has 0 spiro atoms. The topological polar surface area (TPSA) is 0 Å². The third-order valence-corrected chi connectivity index (χ3v) is 3.99. The van der Waals surface area contributed by atoms with Crippen molar-refractivity contribution in [2.75, 3.05) is 5.75 Å². The summed E-state index contributed by atoms with van der Waals surface area (Å²) in [5.41, 5.74) is 4.49. The molecule has 1 heterocycles. The Bertz CT molecular complexity index is 324. The molecule has 68 valence electrons. The number of thioether (sulfide) groups is 1. The second-order valence-electron chi connectivity index (χ2n) is 3.48. The summed E-state index contributed by atoms with van der Waals surface area (Å²) in [5.74, 6) is 1.18. The highest BCUT2D eigenvalue weighted by atomic mass is 32.2. The summed E-state index contributed by atoms with van der Waals surface area (Å²) in [6.07, 6.45) is 0. The van der Waals surface area contributed by atoms with E-state index in [1.807, 2.05) is 11.8 Å². The fourth-order valence-corrected chi connectivity index (χ4v) is 2.85. The molecule has 0 N–H and O–H groups in total. The fraction of sp³-hybridized carbons (Fsp3) is 0.333. The number of benzene rings is 1. The lowest BCUT2D eigenvalue weighted by molar-refractivity contribution is 1.14. The predicted molar refractivity (Wildman–Crippen MR) is 61.0 cm³/mol. The quantitative estimate of drug-likeness (QED) is 0.652. The molecular formula is C12H14S. The molecule has 0 bridgehead atoms. The Morgan fingerprint density at radius 1 is 1.23 bits per heavy atom. The minimum absolute atomic E-state index is 0.704. The van der Waals surface area contributed by atoms with E-state index >= 15 is 0 Å². The maximum Gasteiger partial charge on any atom is 0.0235 e. The molecule has 0 saturated carbocycles. The third-order valence-electron chi connectivity index (χ3n) is 2.69. The van der Waals surface area contributed by atoms with Crippen molar-refractivity contribution in [1.29, 1.82) is 0 Å². The van der Waals surface area contributed by atoms with E-state index in [1.54, 1.807) is 5.57 Å². The summed E-state index contributed by atoms with van der Waals surface area (Å²) in [6.45, 7) is 4.54. The number of hydrogen-bond donors (Lipinski definition) is 0. The highest BCUT2D eigenvalue weighted by Gasteiger charge is 2.19. The molecule has 0 saturated heterocycles. The average Bonchev–Trinajstić information content (AvgIpc) is 2.49. The maximum absolute atomic E-state index is 2.29. The Morgan fingerprint density at radius 3 is 2.46 bits per heavy atom. The Labute approximate surface area is 84.0 Å². The first-order chi connectivity index (χ1) is 6.29. The molecule has 1 aromatic carbocycles. The third kappa shape index (κ3) is 1.66. The molecular weight excluding hydrogens is 176 g/mol. The normalized spacial score (nSPS) is 22.5. The minimum Gasteiger partial charge on any atom is -0.150 e. The standard InChI is InChI=1S/C12H14S/c1-9-10(2)13-8-12(9)11-6-4-3-5-7-11/h3-7,10H,8H2,1-2H3. The molecule has 0 nitrogen and oxygen atoms in total. The zero-order chi connectivity index (χ0) is 9.26. The van der Waals surface area contributed by atoms with Crippen molar-refractivity contribution in [2.24, 2.45) is 0 Å². The molecule has 0 radical (unpaired) electrons. The van der Waals surface area contributed by atoms with Gasteiger partial charge in [-0.2, -0.15) is 0 Å². The Kier molecular flexibility index (Phi) is 2.45. The van der Waals surface area contributed by atoms with Crippen LogP contribution in [0.25, 0.3) is 5.57 Å². The zero-order valence-electron chi connectivity index (χ0n) is 8.08. The van der Waals surface area contributed by atoms with E-state index in [2.05, 4.69) is 44.2 Å². The van der Waals surface area contributed by atoms with Gasteiger partial charge in [-0.1, -0.05) is 35.9 Å². The maximum atomic E-state index is 2.29. The summed E-state index contributed by atoms with van der Waals surface area (Å²) >= 11 is 2.03. The molecule has 13 heavy (non-hydrogen) atoms. The lowest BCUT2D eigenvalue weighted by atomic mass is 10.0. The van der Waals surface area contributed by atoms with Gasteiger partial charge in [-0.05, 0) is 25.0 Å². The summed E-state index contributed by atoms with van der Waals surface area (Å²) in [4.78, 5) is 0. The van der Waals surface area contributed by atoms with Crippen molar-refractivity contribution >= 4 is 17.3 Å². The van der Waals surface area contributed by atoms with E-state index in [1.165, 1.54) is 16.9 Å². The van der Waals surface area contributed by atoms with Crippen LogP contribution in [0.15, 0.2) is 35.9 Å². The lowest BCUT2D eigenvalue weighted by Gasteiger charge is -2.03. The first-order valence-corrected chi connectivity index (χ1v) is 5.70. The van der Waals surface area contributed by atoms with Gasteiger partial charge >= 0.3 is 0 Å². The Morgan fingerprint density at radius 2 is 1.92 bits per heavy atom. The van der Waals surface area contributed by atoms with Crippen molar-refractivity contribution in [3.8, 4) is 0 Å². The second kappa shape index (κ2) is 3.59. The van der Waals surface area contributed by atoms with Crippen molar-refractivity contribution in [1.82, 2.24) is 0 Å². The smallest absolute Gasteiger partial charge is 0.0235 e. The van der Waals surface area contributed by atoms with E-state index < -0.39 is 0 Å². The van der Waals surface area contributed by atoms with Gasteiger partial charge in [-0.15, -0.1) is 11.8 Å². The monoisotopic (exact) mass is 190 g/mol. The van der Waals surface area contributed by atoms with E-state index in [0.717, 1.165) is 0 Å². The molecule has 0 amide bonds. The van der Waals surface area contributed by atoms with Gasteiger partial charge < -0.3 is 0 Å². The summed E-state index contributed by atoms with van der Waals surface area (Å²) in [6, 6.07) is 10.7. The van der Waals surface area contributed by atoms with Gasteiger partial charge in [0.05, 0.1) is 0 Å². The molecule has 0 aliphatic carbocycles. The molecule has 1 aliphatic rings. The van der Waals surface area contributed by atoms with Crippen LogP contribution in [0, 0.1) is 0 Å². The van der Waals surface area contributed by atoms with Crippen LogP contribution in [0.4, 0.5) is 0 Å². The highest BCUT2D eigenvalue weighted by molar-refractivity contribution is 8.00. The van der Waals surface area contributed by atoms with Crippen LogP contribution < -0.4 is 0 Å². The van der Waals surface area contributed by atoms with Crippen LogP contribution in [0.3, 0.4) is 0 Å². The van der Waals surface area contributed by atoms with Gasteiger partial charge in [-0.3, -0.25) is 0 Å². The molecule has 1 aliphatic heterocycles. The van der Waals surface area contributed by atoms with Gasteiger partial charge in [0.25, 0.3) is 0 Å². The van der Waals surface area contributed by atoms with E-state index in [4.69, 9.17) is 0 Å². The largest absolute Gasteiger partial charge is 0.150 e. The summed E-state index contributed by atoms with van der Waals surface area (Å²) in [7, 11) is 0. The van der Waals surface area contributed by atoms with Gasteiger partial charge in [0.15, 0.2) is 0 Å². The van der Waals surface area contributed by atoms with Crippen LogP contribution in [0.5, 0.6) is 0 Å². The van der Waals surface area contributed by atoms with E-state index in [9.17, 15) is 0 Å². The summed E-state index contributed by atoms with van der Waals surface area (Å²) in [5, 5.41) is 0.704. The highest BCUT2D eigenvalue weighted by Crippen LogP contribution is 2.36. The second-order valence-corrected chi connectivity index (χ2v) is 4.81. The van der Waals surface area contributed by atoms with Crippen molar-refractivity contribution in [2.45, 2.75) is 19.1 Å². The Hall–Kier alpha value is -0.690. The van der Waals surface area contributed by atoms with Crippen LogP contribution >= 0.6 is 11.8 Å². The van der Waals surface area contributed by atoms with Crippen molar-refractivity contribution < 1.29 is 0 Å². The first-order valence-electron chi connectivity index (χ1n) is 4.65. The lowest BCUT2D eigenvalue weighted by Crippen LogP contribution is -1.91. The molecule has 0 fully saturated rings. The molecule has 0 aromatic heterocycles. The van der Waals surface area contributed by atoms with Crippen LogP contribution in [-0.2, 0) is 0 Å². The fourth-order valence-electron chi connectivity index (χ4n) is 1.64. The zero-order valence-corrected chi connectivity index (χ0v) is 8.90. The number of hydrogen-bond acceptors (Lipinski definition) is 1. The van der Waals surface area contributed by atoms with Gasteiger partial charge in [0.2, 0.25) is 0 Å². The summed E-state index contributed by atoms with van der Waals surface area (Å²) < 4.78 is 0. The van der Waals surface area contributed by atoms with Crippen LogP contribution in [-0.4, -0.2) is 11.0 Å². The van der Waals surface area contributed by atoms with E-state index in [0.29, 0.717) is 5.25 Å². The van der Waals surface area contributed by atoms with Gasteiger partial charge in [-0.25, -0.2) is 0 Å². The Balaban J connectivity index is 2.38. The molecule has 1 unspecified atom stereocenters. The van der Waals surface area contributed by atoms with E-state index in [-0.39, 0.29) is 0 Å². The first kappa shape index (κ1) is 8.89. The van der Waals surface area contributed by atoms with Gasteiger partial charge in [0.1, 0.15) is 0 Å².